The topological polar surface area (TPSA) is 52.3 Å². The summed E-state index contributed by atoms with van der Waals surface area (Å²) in [6, 6.07) is 0. The molecule has 0 saturated heterocycles. The minimum absolute atomic E-state index is 0.262. The Bertz CT molecular complexity index is 72.8. The Morgan fingerprint density at radius 2 is 2.38 bits per heavy atom. The summed E-state index contributed by atoms with van der Waals surface area (Å²) in [4.78, 5) is 10.0. The highest BCUT2D eigenvalue weighted by Gasteiger charge is 1.90. The fourth-order valence-corrected chi connectivity index (χ4v) is 0.391. The molecule has 0 saturated carbocycles. The van der Waals surface area contributed by atoms with E-state index in [2.05, 4.69) is 4.74 Å². The van der Waals surface area contributed by atoms with E-state index in [1.807, 2.05) is 0 Å². The van der Waals surface area contributed by atoms with Crippen LogP contribution in [0.3, 0.4) is 0 Å². The largest absolute Gasteiger partial charge is 0.385 e. The summed E-state index contributed by atoms with van der Waals surface area (Å²) >= 11 is 0. The molecule has 0 aromatic rings. The lowest BCUT2D eigenvalue weighted by atomic mass is 10.3. The minimum Gasteiger partial charge on any atom is -0.385 e. The van der Waals surface area contributed by atoms with E-state index in [0.717, 1.165) is 6.42 Å². The van der Waals surface area contributed by atoms with Crippen molar-refractivity contribution >= 4 is 5.91 Å². The van der Waals surface area contributed by atoms with Crippen molar-refractivity contribution in [2.75, 3.05) is 13.7 Å². The van der Waals surface area contributed by atoms with Gasteiger partial charge >= 0.3 is 0 Å². The van der Waals surface area contributed by atoms with Crippen LogP contribution in [0.4, 0.5) is 0 Å². The molecule has 0 unspecified atom stereocenters. The smallest absolute Gasteiger partial charge is 0.217 e. The van der Waals surface area contributed by atoms with E-state index in [0.29, 0.717) is 13.0 Å². The third kappa shape index (κ3) is 5.43. The van der Waals surface area contributed by atoms with Gasteiger partial charge in [-0.05, 0) is 6.42 Å². The van der Waals surface area contributed by atoms with Crippen molar-refractivity contribution in [3.8, 4) is 0 Å². The van der Waals surface area contributed by atoms with Crippen LogP contribution in [-0.4, -0.2) is 19.6 Å². The predicted octanol–water partition coefficient (Wildman–Crippen LogP) is -0.102. The summed E-state index contributed by atoms with van der Waals surface area (Å²) in [5, 5.41) is 0. The molecule has 2 N–H and O–H groups in total. The molecule has 0 rings (SSSR count). The Morgan fingerprint density at radius 3 is 2.75 bits per heavy atom. The summed E-state index contributed by atoms with van der Waals surface area (Å²) in [6.45, 7) is 0.614. The van der Waals surface area contributed by atoms with E-state index in [1.165, 1.54) is 0 Å². The summed E-state index contributed by atoms with van der Waals surface area (Å²) in [5.41, 5.74) is 4.84. The molecule has 3 nitrogen and oxygen atoms in total. The maximum absolute atomic E-state index is 10.0. The number of carbonyl (C=O) groups is 1. The Morgan fingerprint density at radius 1 is 1.75 bits per heavy atom. The van der Waals surface area contributed by atoms with E-state index < -0.39 is 0 Å². The number of ether oxygens (including phenoxy) is 1. The van der Waals surface area contributed by atoms with Crippen LogP contribution in [0.1, 0.15) is 12.8 Å². The van der Waals surface area contributed by atoms with Crippen LogP contribution in [0.5, 0.6) is 0 Å². The van der Waals surface area contributed by atoms with Gasteiger partial charge in [0.2, 0.25) is 5.91 Å². The maximum Gasteiger partial charge on any atom is 0.217 e. The Labute approximate surface area is 48.8 Å². The third-order valence-corrected chi connectivity index (χ3v) is 0.772. The zero-order chi connectivity index (χ0) is 6.41. The van der Waals surface area contributed by atoms with Gasteiger partial charge in [-0.1, -0.05) is 0 Å². The van der Waals surface area contributed by atoms with Crippen LogP contribution >= 0.6 is 0 Å². The van der Waals surface area contributed by atoms with Gasteiger partial charge in [0.15, 0.2) is 0 Å². The Kier molecular flexibility index (Phi) is 4.26. The standard InChI is InChI=1S/C5H11NO2/c1-8-4-2-3-5(6)7/h2-4H2,1H3,(H2,6,7). The second-order valence-electron chi connectivity index (χ2n) is 1.56. The monoisotopic (exact) mass is 117 g/mol. The van der Waals surface area contributed by atoms with E-state index in [9.17, 15) is 4.79 Å². The molecule has 0 bridgehead atoms. The number of carbonyl (C=O) groups excluding carboxylic acids is 1. The number of primary amides is 1. The molecule has 1 amide bonds. The summed E-state index contributed by atoms with van der Waals surface area (Å²) in [7, 11) is 1.60. The predicted molar refractivity (Wildman–Crippen MR) is 30.3 cm³/mol. The highest BCUT2D eigenvalue weighted by molar-refractivity contribution is 5.73. The van der Waals surface area contributed by atoms with E-state index in [1.54, 1.807) is 7.11 Å². The molecule has 0 atom stereocenters. The first-order valence-electron chi connectivity index (χ1n) is 2.54. The van der Waals surface area contributed by atoms with Crippen LogP contribution in [0, 0.1) is 0 Å². The second kappa shape index (κ2) is 4.59. The van der Waals surface area contributed by atoms with Crippen LogP contribution < -0.4 is 5.73 Å². The molecule has 0 heterocycles. The highest BCUT2D eigenvalue weighted by Crippen LogP contribution is 1.85. The molecule has 8 heavy (non-hydrogen) atoms. The van der Waals surface area contributed by atoms with Gasteiger partial charge in [0, 0.05) is 20.1 Å². The van der Waals surface area contributed by atoms with E-state index in [4.69, 9.17) is 5.73 Å². The molecule has 0 aliphatic heterocycles. The van der Waals surface area contributed by atoms with Crippen molar-refractivity contribution in [1.29, 1.82) is 0 Å². The molecule has 0 aromatic carbocycles. The summed E-state index contributed by atoms with van der Waals surface area (Å²) in [6.07, 6.45) is 1.15. The lowest BCUT2D eigenvalue weighted by Crippen LogP contribution is -2.10. The quantitative estimate of drug-likeness (QED) is 0.523. The van der Waals surface area contributed by atoms with Crippen molar-refractivity contribution in [2.24, 2.45) is 5.73 Å². The summed E-state index contributed by atoms with van der Waals surface area (Å²) < 4.78 is 4.68. The van der Waals surface area contributed by atoms with Gasteiger partial charge in [-0.3, -0.25) is 4.79 Å². The fraction of sp³-hybridized carbons (Fsp3) is 0.800. The van der Waals surface area contributed by atoms with Crippen molar-refractivity contribution in [3.63, 3.8) is 0 Å². The van der Waals surface area contributed by atoms with Gasteiger partial charge < -0.3 is 10.5 Å². The van der Waals surface area contributed by atoms with Crippen molar-refractivity contribution in [1.82, 2.24) is 0 Å². The number of amides is 1. The lowest BCUT2D eigenvalue weighted by Gasteiger charge is -1.92. The molecule has 0 radical (unpaired) electrons. The number of hydrogen-bond donors (Lipinski definition) is 1. The van der Waals surface area contributed by atoms with Crippen LogP contribution in [-0.2, 0) is 9.53 Å². The first-order chi connectivity index (χ1) is 3.77. The zero-order valence-electron chi connectivity index (χ0n) is 5.02. The first-order valence-corrected chi connectivity index (χ1v) is 2.54. The Balaban J connectivity index is 2.82. The normalized spacial score (nSPS) is 9.12. The molecular formula is C5H11NO2. The molecule has 48 valence electrons. The van der Waals surface area contributed by atoms with Crippen LogP contribution in [0.2, 0.25) is 0 Å². The zero-order valence-corrected chi connectivity index (χ0v) is 5.02. The SMILES string of the molecule is COCCCC(N)=O. The van der Waals surface area contributed by atoms with Gasteiger partial charge in [0.25, 0.3) is 0 Å². The fourth-order valence-electron chi connectivity index (χ4n) is 0.391. The summed E-state index contributed by atoms with van der Waals surface area (Å²) in [5.74, 6) is -0.262. The number of hydrogen-bond acceptors (Lipinski definition) is 2. The second-order valence-corrected chi connectivity index (χ2v) is 1.56. The molecule has 0 fully saturated rings. The first kappa shape index (κ1) is 7.43. The molecule has 0 aromatic heterocycles. The van der Waals surface area contributed by atoms with Gasteiger partial charge in [-0.25, -0.2) is 0 Å². The van der Waals surface area contributed by atoms with Crippen molar-refractivity contribution in [3.05, 3.63) is 0 Å². The number of rotatable bonds is 4. The van der Waals surface area contributed by atoms with Crippen molar-refractivity contribution < 1.29 is 9.53 Å². The van der Waals surface area contributed by atoms with Gasteiger partial charge in [0.05, 0.1) is 0 Å². The van der Waals surface area contributed by atoms with Gasteiger partial charge in [-0.15, -0.1) is 0 Å². The molecule has 3 heteroatoms. The lowest BCUT2D eigenvalue weighted by molar-refractivity contribution is -0.118. The highest BCUT2D eigenvalue weighted by atomic mass is 16.5. The average molecular weight is 117 g/mol. The van der Waals surface area contributed by atoms with Crippen LogP contribution in [0.15, 0.2) is 0 Å². The van der Waals surface area contributed by atoms with E-state index in [-0.39, 0.29) is 5.91 Å². The molecular weight excluding hydrogens is 106 g/mol. The van der Waals surface area contributed by atoms with Gasteiger partial charge in [-0.2, -0.15) is 0 Å². The van der Waals surface area contributed by atoms with Crippen LogP contribution in [0.25, 0.3) is 0 Å². The number of nitrogens with two attached hydrogens (primary N) is 1. The number of methoxy groups -OCH3 is 1. The average Bonchev–Trinajstić information content (AvgIpc) is 1.66. The van der Waals surface area contributed by atoms with Crippen molar-refractivity contribution in [2.45, 2.75) is 12.8 Å². The maximum atomic E-state index is 10.0. The Hall–Kier alpha value is -0.570. The molecule has 0 aliphatic rings. The van der Waals surface area contributed by atoms with Gasteiger partial charge in [0.1, 0.15) is 0 Å². The third-order valence-electron chi connectivity index (χ3n) is 0.772. The molecule has 0 spiro atoms. The van der Waals surface area contributed by atoms with E-state index >= 15 is 0 Å². The molecule has 0 aliphatic carbocycles. The minimum atomic E-state index is -0.262.